The van der Waals surface area contributed by atoms with Gasteiger partial charge in [-0.1, -0.05) is 30.3 Å². The van der Waals surface area contributed by atoms with Crippen molar-refractivity contribution < 1.29 is 5.11 Å². The van der Waals surface area contributed by atoms with Crippen LogP contribution in [-0.2, 0) is 13.1 Å². The summed E-state index contributed by atoms with van der Waals surface area (Å²) in [5, 5.41) is 13.4. The van der Waals surface area contributed by atoms with Crippen molar-refractivity contribution in [1.82, 2.24) is 14.8 Å². The molecule has 1 aromatic heterocycles. The third kappa shape index (κ3) is 5.85. The Bertz CT molecular complexity index is 558. The van der Waals surface area contributed by atoms with Crippen LogP contribution in [-0.4, -0.2) is 53.2 Å². The van der Waals surface area contributed by atoms with Crippen LogP contribution in [0.2, 0.25) is 0 Å². The highest BCUT2D eigenvalue weighted by Gasteiger charge is 2.12. The second-order valence-corrected chi connectivity index (χ2v) is 6.86. The molecule has 0 aliphatic carbocycles. The van der Waals surface area contributed by atoms with Crippen LogP contribution in [0.3, 0.4) is 0 Å². The first-order chi connectivity index (χ1) is 10.5. The summed E-state index contributed by atoms with van der Waals surface area (Å²) in [4.78, 5) is 8.74. The van der Waals surface area contributed by atoms with Gasteiger partial charge in [0, 0.05) is 30.7 Å². The average Bonchev–Trinajstić information content (AvgIpc) is 2.84. The van der Waals surface area contributed by atoms with E-state index in [-0.39, 0.29) is 6.10 Å². The molecule has 0 fully saturated rings. The summed E-state index contributed by atoms with van der Waals surface area (Å²) < 4.78 is 0. The maximum absolute atomic E-state index is 10.3. The van der Waals surface area contributed by atoms with Crippen LogP contribution in [0, 0.1) is 6.92 Å². The molecule has 2 rings (SSSR count). The zero-order chi connectivity index (χ0) is 15.9. The Kier molecular flexibility index (Phi) is 6.51. The molecule has 120 valence electrons. The van der Waals surface area contributed by atoms with Crippen LogP contribution >= 0.6 is 11.3 Å². The maximum Gasteiger partial charge on any atom is 0.107 e. The summed E-state index contributed by atoms with van der Waals surface area (Å²) >= 11 is 1.68. The molecule has 0 aliphatic heterocycles. The first-order valence-electron chi connectivity index (χ1n) is 7.53. The number of hydrogen-bond donors (Lipinski definition) is 1. The summed E-state index contributed by atoms with van der Waals surface area (Å²) in [6.45, 7) is 4.96. The topological polar surface area (TPSA) is 39.6 Å². The highest BCUT2D eigenvalue weighted by Crippen LogP contribution is 2.11. The molecular formula is C17H25N3OS. The van der Waals surface area contributed by atoms with Gasteiger partial charge in [0.15, 0.2) is 0 Å². The van der Waals surface area contributed by atoms with Crippen LogP contribution < -0.4 is 0 Å². The smallest absolute Gasteiger partial charge is 0.107 e. The van der Waals surface area contributed by atoms with Crippen LogP contribution in [0.25, 0.3) is 0 Å². The number of aliphatic hydroxyl groups is 1. The molecule has 2 aromatic rings. The summed E-state index contributed by atoms with van der Waals surface area (Å²) in [6.07, 6.45) is -0.361. The van der Waals surface area contributed by atoms with E-state index in [4.69, 9.17) is 0 Å². The van der Waals surface area contributed by atoms with Gasteiger partial charge in [0.25, 0.3) is 0 Å². The predicted molar refractivity (Wildman–Crippen MR) is 92.0 cm³/mol. The van der Waals surface area contributed by atoms with Gasteiger partial charge in [0.2, 0.25) is 0 Å². The van der Waals surface area contributed by atoms with E-state index in [9.17, 15) is 5.11 Å². The zero-order valence-corrected chi connectivity index (χ0v) is 14.4. The van der Waals surface area contributed by atoms with Crippen molar-refractivity contribution >= 4 is 11.3 Å². The fourth-order valence-corrected chi connectivity index (χ4v) is 3.36. The third-order valence-electron chi connectivity index (χ3n) is 3.41. The SMILES string of the molecule is Cc1csc(CN(C)CC(O)CN(C)Cc2ccccc2)n1. The minimum absolute atomic E-state index is 0.361. The Balaban J connectivity index is 1.73. The Morgan fingerprint density at radius 1 is 1.09 bits per heavy atom. The van der Waals surface area contributed by atoms with E-state index >= 15 is 0 Å². The van der Waals surface area contributed by atoms with Crippen molar-refractivity contribution in [3.8, 4) is 0 Å². The number of aliphatic hydroxyl groups excluding tert-OH is 1. The lowest BCUT2D eigenvalue weighted by Gasteiger charge is -2.24. The van der Waals surface area contributed by atoms with Gasteiger partial charge in [-0.3, -0.25) is 9.80 Å². The van der Waals surface area contributed by atoms with E-state index in [1.165, 1.54) is 5.56 Å². The fraction of sp³-hybridized carbons (Fsp3) is 0.471. The molecule has 1 N–H and O–H groups in total. The van der Waals surface area contributed by atoms with E-state index in [0.717, 1.165) is 23.8 Å². The lowest BCUT2D eigenvalue weighted by Crippen LogP contribution is -2.37. The van der Waals surface area contributed by atoms with Crippen LogP contribution in [0.1, 0.15) is 16.3 Å². The number of hydrogen-bond acceptors (Lipinski definition) is 5. The van der Waals surface area contributed by atoms with Crippen molar-refractivity contribution in [3.63, 3.8) is 0 Å². The first-order valence-corrected chi connectivity index (χ1v) is 8.41. The van der Waals surface area contributed by atoms with E-state index in [2.05, 4.69) is 32.3 Å². The van der Waals surface area contributed by atoms with Crippen LogP contribution in [0.4, 0.5) is 0 Å². The molecule has 1 aromatic carbocycles. The first kappa shape index (κ1) is 17.1. The zero-order valence-electron chi connectivity index (χ0n) is 13.6. The molecule has 0 radical (unpaired) electrons. The molecule has 0 saturated heterocycles. The van der Waals surface area contributed by atoms with E-state index in [1.807, 2.05) is 39.2 Å². The Hall–Kier alpha value is -1.27. The van der Waals surface area contributed by atoms with Crippen molar-refractivity contribution in [2.45, 2.75) is 26.1 Å². The van der Waals surface area contributed by atoms with E-state index in [1.54, 1.807) is 11.3 Å². The number of nitrogens with zero attached hydrogens (tertiary/aromatic N) is 3. The van der Waals surface area contributed by atoms with Gasteiger partial charge >= 0.3 is 0 Å². The Morgan fingerprint density at radius 3 is 2.32 bits per heavy atom. The number of benzene rings is 1. The Morgan fingerprint density at radius 2 is 1.73 bits per heavy atom. The number of thiazole rings is 1. The molecule has 1 unspecified atom stereocenters. The largest absolute Gasteiger partial charge is 0.390 e. The van der Waals surface area contributed by atoms with Crippen molar-refractivity contribution in [1.29, 1.82) is 0 Å². The normalized spacial score (nSPS) is 13.0. The molecule has 0 spiro atoms. The van der Waals surface area contributed by atoms with Gasteiger partial charge in [-0.15, -0.1) is 11.3 Å². The number of aromatic nitrogens is 1. The molecule has 4 nitrogen and oxygen atoms in total. The molecule has 5 heteroatoms. The molecule has 1 heterocycles. The van der Waals surface area contributed by atoms with E-state index in [0.29, 0.717) is 13.1 Å². The third-order valence-corrected chi connectivity index (χ3v) is 4.36. The quantitative estimate of drug-likeness (QED) is 0.811. The Labute approximate surface area is 137 Å². The summed E-state index contributed by atoms with van der Waals surface area (Å²) in [5.74, 6) is 0. The average molecular weight is 319 g/mol. The maximum atomic E-state index is 10.3. The van der Waals surface area contributed by atoms with E-state index < -0.39 is 0 Å². The number of likely N-dealkylation sites (N-methyl/N-ethyl adjacent to an activating group) is 2. The number of aryl methyl sites for hydroxylation is 1. The molecule has 1 atom stereocenters. The van der Waals surface area contributed by atoms with Gasteiger partial charge in [0.1, 0.15) is 5.01 Å². The van der Waals surface area contributed by atoms with Gasteiger partial charge in [-0.25, -0.2) is 4.98 Å². The molecule has 0 aliphatic rings. The summed E-state index contributed by atoms with van der Waals surface area (Å²) in [6, 6.07) is 10.3. The standard InChI is InChI=1S/C17H25N3OS/c1-14-13-22-17(18-14)12-20(3)11-16(21)10-19(2)9-15-7-5-4-6-8-15/h4-8,13,16,21H,9-12H2,1-3H3. The fourth-order valence-electron chi connectivity index (χ4n) is 2.51. The second kappa shape index (κ2) is 8.39. The molecule has 0 bridgehead atoms. The minimum atomic E-state index is -0.361. The second-order valence-electron chi connectivity index (χ2n) is 5.92. The highest BCUT2D eigenvalue weighted by molar-refractivity contribution is 7.09. The summed E-state index contributed by atoms with van der Waals surface area (Å²) in [5.41, 5.74) is 2.33. The molecule has 0 saturated carbocycles. The lowest BCUT2D eigenvalue weighted by atomic mass is 10.2. The number of rotatable bonds is 8. The van der Waals surface area contributed by atoms with Gasteiger partial charge in [-0.05, 0) is 26.6 Å². The monoisotopic (exact) mass is 319 g/mol. The van der Waals surface area contributed by atoms with Crippen molar-refractivity contribution in [3.05, 3.63) is 52.0 Å². The summed E-state index contributed by atoms with van der Waals surface area (Å²) in [7, 11) is 4.07. The minimum Gasteiger partial charge on any atom is -0.390 e. The molecular weight excluding hydrogens is 294 g/mol. The van der Waals surface area contributed by atoms with Gasteiger partial charge in [0.05, 0.1) is 12.6 Å². The van der Waals surface area contributed by atoms with Gasteiger partial charge in [-0.2, -0.15) is 0 Å². The molecule has 22 heavy (non-hydrogen) atoms. The van der Waals surface area contributed by atoms with Crippen molar-refractivity contribution in [2.24, 2.45) is 0 Å². The predicted octanol–water partition coefficient (Wildman–Crippen LogP) is 2.38. The van der Waals surface area contributed by atoms with Gasteiger partial charge < -0.3 is 5.11 Å². The van der Waals surface area contributed by atoms with Crippen LogP contribution in [0.15, 0.2) is 35.7 Å². The molecule has 0 amide bonds. The lowest BCUT2D eigenvalue weighted by molar-refractivity contribution is 0.0867. The van der Waals surface area contributed by atoms with Crippen molar-refractivity contribution in [2.75, 3.05) is 27.2 Å². The van der Waals surface area contributed by atoms with Crippen LogP contribution in [0.5, 0.6) is 0 Å². The highest BCUT2D eigenvalue weighted by atomic mass is 32.1.